The molecule has 3 aromatic carbocycles. The second kappa shape index (κ2) is 8.37. The predicted molar refractivity (Wildman–Crippen MR) is 106 cm³/mol. The fraction of sp³-hybridized carbons (Fsp3) is 0.150. The van der Waals surface area contributed by atoms with Gasteiger partial charge in [0.2, 0.25) is 10.0 Å². The number of nitriles is 1. The van der Waals surface area contributed by atoms with Crippen LogP contribution in [0.25, 0.3) is 10.8 Å². The average Bonchev–Trinajstić information content (AvgIpc) is 2.67. The minimum Gasteiger partial charge on any atom is -0.210 e. The van der Waals surface area contributed by atoms with Crippen molar-refractivity contribution in [2.45, 2.75) is 10.6 Å². The molecule has 0 spiro atoms. The van der Waals surface area contributed by atoms with Gasteiger partial charge in [0.25, 0.3) is 0 Å². The van der Waals surface area contributed by atoms with E-state index in [4.69, 9.17) is 5.26 Å². The smallest absolute Gasteiger partial charge is 0.210 e. The molecule has 132 valence electrons. The quantitative estimate of drug-likeness (QED) is 0.629. The van der Waals surface area contributed by atoms with E-state index in [2.05, 4.69) is 10.8 Å². The topological polar surface area (TPSA) is 70.0 Å². The first-order valence-corrected chi connectivity index (χ1v) is 10.8. The molecule has 0 heterocycles. The van der Waals surface area contributed by atoms with Crippen molar-refractivity contribution in [1.82, 2.24) is 4.72 Å². The molecule has 3 aromatic rings. The lowest BCUT2D eigenvalue weighted by Crippen LogP contribution is -2.26. The maximum atomic E-state index is 12.4. The lowest BCUT2D eigenvalue weighted by Gasteiger charge is -2.08. The first-order valence-electron chi connectivity index (χ1n) is 8.14. The third kappa shape index (κ3) is 4.44. The van der Waals surface area contributed by atoms with Gasteiger partial charge in [0, 0.05) is 18.1 Å². The van der Waals surface area contributed by atoms with Gasteiger partial charge in [-0.05, 0) is 34.5 Å². The second-order valence-electron chi connectivity index (χ2n) is 5.73. The van der Waals surface area contributed by atoms with Crippen LogP contribution < -0.4 is 4.72 Å². The summed E-state index contributed by atoms with van der Waals surface area (Å²) in [5, 5.41) is 11.0. The highest BCUT2D eigenvalue weighted by Gasteiger charge is 2.13. The van der Waals surface area contributed by atoms with Gasteiger partial charge < -0.3 is 0 Å². The average molecular weight is 383 g/mol. The van der Waals surface area contributed by atoms with Crippen LogP contribution >= 0.6 is 11.8 Å². The van der Waals surface area contributed by atoms with E-state index in [-0.39, 0.29) is 4.90 Å². The van der Waals surface area contributed by atoms with E-state index < -0.39 is 10.0 Å². The van der Waals surface area contributed by atoms with Crippen molar-refractivity contribution in [3.8, 4) is 6.07 Å². The van der Waals surface area contributed by atoms with Gasteiger partial charge >= 0.3 is 0 Å². The molecule has 0 unspecified atom stereocenters. The Morgan fingerprint density at radius 2 is 1.69 bits per heavy atom. The molecular weight excluding hydrogens is 364 g/mol. The molecule has 0 aliphatic rings. The Kier molecular flexibility index (Phi) is 5.94. The minimum atomic E-state index is -3.53. The van der Waals surface area contributed by atoms with E-state index in [0.717, 1.165) is 16.3 Å². The van der Waals surface area contributed by atoms with Crippen LogP contribution in [-0.4, -0.2) is 20.7 Å². The van der Waals surface area contributed by atoms with Gasteiger partial charge in [-0.2, -0.15) is 17.0 Å². The molecule has 0 bridgehead atoms. The highest BCUT2D eigenvalue weighted by atomic mass is 32.2. The van der Waals surface area contributed by atoms with E-state index in [0.29, 0.717) is 23.6 Å². The number of hydrogen-bond acceptors (Lipinski definition) is 4. The van der Waals surface area contributed by atoms with Gasteiger partial charge in [-0.15, -0.1) is 0 Å². The molecule has 0 fully saturated rings. The van der Waals surface area contributed by atoms with Crippen molar-refractivity contribution >= 4 is 32.6 Å². The summed E-state index contributed by atoms with van der Waals surface area (Å²) < 4.78 is 27.5. The molecule has 0 saturated heterocycles. The first-order chi connectivity index (χ1) is 12.6. The Hall–Kier alpha value is -2.33. The van der Waals surface area contributed by atoms with Gasteiger partial charge in [0.1, 0.15) is 0 Å². The van der Waals surface area contributed by atoms with Crippen LogP contribution in [0, 0.1) is 11.3 Å². The van der Waals surface area contributed by atoms with Crippen molar-refractivity contribution in [2.24, 2.45) is 0 Å². The van der Waals surface area contributed by atoms with Crippen molar-refractivity contribution in [2.75, 3.05) is 12.3 Å². The second-order valence-corrected chi connectivity index (χ2v) is 8.60. The van der Waals surface area contributed by atoms with E-state index in [1.807, 2.05) is 48.5 Å². The van der Waals surface area contributed by atoms with Gasteiger partial charge in [0.05, 0.1) is 16.5 Å². The van der Waals surface area contributed by atoms with Crippen molar-refractivity contribution in [3.63, 3.8) is 0 Å². The number of sulfonamides is 1. The predicted octanol–water partition coefficient (Wildman–Crippen LogP) is 3.92. The number of rotatable bonds is 7. The summed E-state index contributed by atoms with van der Waals surface area (Å²) >= 11 is 1.60. The Labute approximate surface area is 157 Å². The number of thioether (sulfide) groups is 1. The summed E-state index contributed by atoms with van der Waals surface area (Å²) in [4.78, 5) is 0.274. The van der Waals surface area contributed by atoms with Gasteiger partial charge in [-0.3, -0.25) is 0 Å². The fourth-order valence-corrected chi connectivity index (χ4v) is 4.66. The lowest BCUT2D eigenvalue weighted by molar-refractivity contribution is 0.584. The molecule has 6 heteroatoms. The van der Waals surface area contributed by atoms with Crippen LogP contribution in [0.2, 0.25) is 0 Å². The van der Waals surface area contributed by atoms with E-state index in [1.165, 1.54) is 0 Å². The number of benzene rings is 3. The molecule has 3 rings (SSSR count). The zero-order valence-corrected chi connectivity index (χ0v) is 15.7. The zero-order chi connectivity index (χ0) is 18.4. The molecule has 0 saturated carbocycles. The Morgan fingerprint density at radius 1 is 0.962 bits per heavy atom. The van der Waals surface area contributed by atoms with Gasteiger partial charge in [-0.25, -0.2) is 13.1 Å². The van der Waals surface area contributed by atoms with Crippen LogP contribution in [0.1, 0.15) is 11.1 Å². The summed E-state index contributed by atoms with van der Waals surface area (Å²) in [6.07, 6.45) is 0. The van der Waals surface area contributed by atoms with Gasteiger partial charge in [-0.1, -0.05) is 48.5 Å². The number of nitrogens with one attached hydrogen (secondary N) is 1. The highest BCUT2D eigenvalue weighted by Crippen LogP contribution is 2.19. The lowest BCUT2D eigenvalue weighted by atomic mass is 10.1. The molecule has 0 aromatic heterocycles. The molecule has 26 heavy (non-hydrogen) atoms. The van der Waals surface area contributed by atoms with Crippen molar-refractivity contribution < 1.29 is 8.42 Å². The summed E-state index contributed by atoms with van der Waals surface area (Å²) in [5.41, 5.74) is 1.63. The molecule has 4 nitrogen and oxygen atoms in total. The number of fused-ring (bicyclic) bond motifs is 1. The van der Waals surface area contributed by atoms with E-state index in [1.54, 1.807) is 30.0 Å². The number of hydrogen-bond donors (Lipinski definition) is 1. The zero-order valence-electron chi connectivity index (χ0n) is 14.1. The first kappa shape index (κ1) is 18.5. The van der Waals surface area contributed by atoms with Crippen LogP contribution in [-0.2, 0) is 15.8 Å². The fourth-order valence-electron chi connectivity index (χ4n) is 2.60. The van der Waals surface area contributed by atoms with E-state index >= 15 is 0 Å². The molecule has 0 aliphatic carbocycles. The molecule has 0 aliphatic heterocycles. The minimum absolute atomic E-state index is 0.274. The maximum absolute atomic E-state index is 12.4. The molecule has 1 N–H and O–H groups in total. The molecule has 0 atom stereocenters. The van der Waals surface area contributed by atoms with Crippen LogP contribution in [0.4, 0.5) is 0 Å². The molecule has 0 radical (unpaired) electrons. The van der Waals surface area contributed by atoms with Crippen molar-refractivity contribution in [1.29, 1.82) is 5.26 Å². The standard InChI is InChI=1S/C20H18N2O2S2/c21-14-18-7-3-4-8-19(18)15-25-12-11-22-26(23,24)20-10-9-16-5-1-2-6-17(16)13-20/h1-10,13,22H,11-12,15H2. The maximum Gasteiger partial charge on any atom is 0.240 e. The Balaban J connectivity index is 1.55. The SMILES string of the molecule is N#Cc1ccccc1CSCCNS(=O)(=O)c1ccc2ccccc2c1. The van der Waals surface area contributed by atoms with Crippen LogP contribution in [0.5, 0.6) is 0 Å². The Bertz CT molecular complexity index is 1060. The van der Waals surface area contributed by atoms with E-state index in [9.17, 15) is 8.42 Å². The highest BCUT2D eigenvalue weighted by molar-refractivity contribution is 7.98. The molecule has 0 amide bonds. The molecular formula is C20H18N2O2S2. The van der Waals surface area contributed by atoms with Crippen LogP contribution in [0.15, 0.2) is 71.6 Å². The normalized spacial score (nSPS) is 11.3. The number of nitrogens with zero attached hydrogens (tertiary/aromatic N) is 1. The summed E-state index contributed by atoms with van der Waals surface area (Å²) in [6, 6.07) is 22.4. The van der Waals surface area contributed by atoms with Crippen LogP contribution in [0.3, 0.4) is 0 Å². The summed E-state index contributed by atoms with van der Waals surface area (Å²) in [7, 11) is -3.53. The van der Waals surface area contributed by atoms with Gasteiger partial charge in [0.15, 0.2) is 0 Å². The third-order valence-electron chi connectivity index (χ3n) is 3.97. The third-order valence-corrected chi connectivity index (χ3v) is 6.43. The summed E-state index contributed by atoms with van der Waals surface area (Å²) in [5.74, 6) is 1.31. The largest absolute Gasteiger partial charge is 0.240 e. The Morgan fingerprint density at radius 3 is 2.50 bits per heavy atom. The summed E-state index contributed by atoms with van der Waals surface area (Å²) in [6.45, 7) is 0.342. The monoisotopic (exact) mass is 382 g/mol. The van der Waals surface area contributed by atoms with Crippen molar-refractivity contribution in [3.05, 3.63) is 77.9 Å².